The molecule has 5 nitrogen and oxygen atoms in total. The Hall–Kier alpha value is -2.69. The molecule has 0 aromatic heterocycles. The van der Waals surface area contributed by atoms with Crippen molar-refractivity contribution in [3.63, 3.8) is 0 Å². The largest absolute Gasteiger partial charge is 0.454 e. The number of amides is 1. The van der Waals surface area contributed by atoms with E-state index in [0.29, 0.717) is 6.54 Å². The van der Waals surface area contributed by atoms with Crippen LogP contribution in [-0.2, 0) is 13.0 Å². The Balaban J connectivity index is 1.63. The number of carbonyl (C=O) groups is 1. The Kier molecular flexibility index (Phi) is 3.79. The van der Waals surface area contributed by atoms with Crippen LogP contribution in [0.5, 0.6) is 11.5 Å². The Bertz CT molecular complexity index is 832. The zero-order valence-electron chi connectivity index (χ0n) is 14.8. The van der Waals surface area contributed by atoms with Gasteiger partial charge < -0.3 is 19.3 Å². The Morgan fingerprint density at radius 2 is 1.84 bits per heavy atom. The lowest BCUT2D eigenvalue weighted by Crippen LogP contribution is -2.42. The number of nitrogens with zero attached hydrogens (tertiary/aromatic N) is 2. The lowest BCUT2D eigenvalue weighted by molar-refractivity contribution is 0.0658. The van der Waals surface area contributed by atoms with E-state index >= 15 is 0 Å². The maximum Gasteiger partial charge on any atom is 0.254 e. The van der Waals surface area contributed by atoms with E-state index in [1.54, 1.807) is 0 Å². The highest BCUT2D eigenvalue weighted by atomic mass is 16.7. The molecule has 0 fully saturated rings. The van der Waals surface area contributed by atoms with Crippen LogP contribution in [-0.4, -0.2) is 37.7 Å². The summed E-state index contributed by atoms with van der Waals surface area (Å²) >= 11 is 0. The van der Waals surface area contributed by atoms with Crippen LogP contribution in [0.2, 0.25) is 0 Å². The normalized spacial score (nSPS) is 18.0. The first kappa shape index (κ1) is 15.8. The number of ether oxygens (including phenoxy) is 2. The highest BCUT2D eigenvalue weighted by molar-refractivity contribution is 5.95. The Morgan fingerprint density at radius 3 is 2.56 bits per heavy atom. The lowest BCUT2D eigenvalue weighted by atomic mass is 9.93. The lowest BCUT2D eigenvalue weighted by Gasteiger charge is -2.35. The van der Waals surface area contributed by atoms with Crippen LogP contribution in [0.4, 0.5) is 5.69 Å². The predicted molar refractivity (Wildman–Crippen MR) is 96.4 cm³/mol. The van der Waals surface area contributed by atoms with Crippen LogP contribution < -0.4 is 14.4 Å². The van der Waals surface area contributed by atoms with Crippen LogP contribution in [0.25, 0.3) is 0 Å². The third-order valence-corrected chi connectivity index (χ3v) is 4.95. The molecule has 0 radical (unpaired) electrons. The van der Waals surface area contributed by atoms with Crippen LogP contribution in [0.3, 0.4) is 0 Å². The van der Waals surface area contributed by atoms with Crippen LogP contribution >= 0.6 is 0 Å². The van der Waals surface area contributed by atoms with Gasteiger partial charge in [0, 0.05) is 37.9 Å². The molecule has 0 saturated carbocycles. The number of hydrogen-bond donors (Lipinski definition) is 0. The molecule has 2 aliphatic rings. The van der Waals surface area contributed by atoms with Crippen LogP contribution in [0, 0.1) is 0 Å². The van der Waals surface area contributed by atoms with Crippen LogP contribution in [0.15, 0.2) is 36.4 Å². The first-order chi connectivity index (χ1) is 12.0. The van der Waals surface area contributed by atoms with Crippen LogP contribution in [0.1, 0.15) is 28.4 Å². The van der Waals surface area contributed by atoms with E-state index in [4.69, 9.17) is 9.47 Å². The first-order valence-electron chi connectivity index (χ1n) is 8.52. The molecule has 0 spiro atoms. The van der Waals surface area contributed by atoms with Gasteiger partial charge in [-0.25, -0.2) is 0 Å². The minimum atomic E-state index is 0.0690. The summed E-state index contributed by atoms with van der Waals surface area (Å²) in [6.45, 7) is 2.97. The zero-order valence-corrected chi connectivity index (χ0v) is 14.8. The molecule has 2 aromatic rings. The van der Waals surface area contributed by atoms with Gasteiger partial charge in [-0.2, -0.15) is 0 Å². The predicted octanol–water partition coefficient (Wildman–Crippen LogP) is 3.07. The number of benzene rings is 2. The summed E-state index contributed by atoms with van der Waals surface area (Å²) in [5, 5.41) is 0. The van der Waals surface area contributed by atoms with Gasteiger partial charge in [0.05, 0.1) is 0 Å². The summed E-state index contributed by atoms with van der Waals surface area (Å²) in [5.74, 6) is 1.65. The summed E-state index contributed by atoms with van der Waals surface area (Å²) in [7, 11) is 3.96. The molecule has 5 heteroatoms. The van der Waals surface area contributed by atoms with Crippen molar-refractivity contribution in [3.05, 3.63) is 53.1 Å². The van der Waals surface area contributed by atoms with Gasteiger partial charge in [-0.05, 0) is 54.8 Å². The Morgan fingerprint density at radius 1 is 1.12 bits per heavy atom. The van der Waals surface area contributed by atoms with Gasteiger partial charge in [-0.1, -0.05) is 6.07 Å². The van der Waals surface area contributed by atoms with Gasteiger partial charge in [-0.15, -0.1) is 0 Å². The fourth-order valence-electron chi connectivity index (χ4n) is 3.49. The van der Waals surface area contributed by atoms with Crippen molar-refractivity contribution >= 4 is 11.6 Å². The molecule has 2 aromatic carbocycles. The average molecular weight is 338 g/mol. The average Bonchev–Trinajstić information content (AvgIpc) is 3.06. The standard InChI is InChI=1S/C20H22N2O3/c1-13-7-15-9-18-19(25-12-24-18)10-16(15)11-22(13)20(23)14-5-4-6-17(8-14)21(2)3/h4-6,8-10,13H,7,11-12H2,1-3H3. The zero-order chi connectivity index (χ0) is 17.6. The summed E-state index contributed by atoms with van der Waals surface area (Å²) < 4.78 is 11.0. The molecule has 2 heterocycles. The first-order valence-corrected chi connectivity index (χ1v) is 8.52. The van der Waals surface area contributed by atoms with E-state index in [1.165, 1.54) is 5.56 Å². The number of fused-ring (bicyclic) bond motifs is 2. The van der Waals surface area contributed by atoms with Gasteiger partial charge in [0.15, 0.2) is 11.5 Å². The smallest absolute Gasteiger partial charge is 0.254 e. The highest BCUT2D eigenvalue weighted by Gasteiger charge is 2.30. The fourth-order valence-corrected chi connectivity index (χ4v) is 3.49. The monoisotopic (exact) mass is 338 g/mol. The van der Waals surface area contributed by atoms with E-state index < -0.39 is 0 Å². The van der Waals surface area contributed by atoms with E-state index in [-0.39, 0.29) is 18.7 Å². The molecule has 0 bridgehead atoms. The molecule has 0 aliphatic carbocycles. The molecule has 4 rings (SSSR count). The molecule has 0 N–H and O–H groups in total. The SMILES string of the molecule is CC1Cc2cc3c(cc2CN1C(=O)c1cccc(N(C)C)c1)OCO3. The van der Waals surface area contributed by atoms with Crippen molar-refractivity contribution in [2.24, 2.45) is 0 Å². The van der Waals surface area contributed by atoms with Gasteiger partial charge in [0.25, 0.3) is 5.91 Å². The van der Waals surface area contributed by atoms with Crippen molar-refractivity contribution < 1.29 is 14.3 Å². The molecule has 25 heavy (non-hydrogen) atoms. The minimum Gasteiger partial charge on any atom is -0.454 e. The number of anilines is 1. The number of hydrogen-bond acceptors (Lipinski definition) is 4. The maximum absolute atomic E-state index is 13.1. The molecule has 1 amide bonds. The molecule has 130 valence electrons. The quantitative estimate of drug-likeness (QED) is 0.844. The maximum atomic E-state index is 13.1. The van der Waals surface area contributed by atoms with E-state index in [0.717, 1.165) is 34.7 Å². The van der Waals surface area contributed by atoms with E-state index in [1.807, 2.05) is 54.2 Å². The molecule has 2 aliphatic heterocycles. The third-order valence-electron chi connectivity index (χ3n) is 4.95. The summed E-state index contributed by atoms with van der Waals surface area (Å²) in [6, 6.07) is 12.0. The molecule has 1 atom stereocenters. The summed E-state index contributed by atoms with van der Waals surface area (Å²) in [4.78, 5) is 17.0. The molecular weight excluding hydrogens is 316 g/mol. The fraction of sp³-hybridized carbons (Fsp3) is 0.350. The Labute approximate surface area is 147 Å². The van der Waals surface area contributed by atoms with Gasteiger partial charge in [-0.3, -0.25) is 4.79 Å². The topological polar surface area (TPSA) is 42.0 Å². The van der Waals surface area contributed by atoms with Crippen molar-refractivity contribution in [1.29, 1.82) is 0 Å². The number of carbonyl (C=O) groups excluding carboxylic acids is 1. The van der Waals surface area contributed by atoms with Crippen molar-refractivity contribution in [2.45, 2.75) is 25.9 Å². The van der Waals surface area contributed by atoms with Crippen molar-refractivity contribution in [1.82, 2.24) is 4.90 Å². The molecule has 1 unspecified atom stereocenters. The summed E-state index contributed by atoms with van der Waals surface area (Å²) in [5.41, 5.74) is 4.13. The van der Waals surface area contributed by atoms with Crippen molar-refractivity contribution in [3.8, 4) is 11.5 Å². The highest BCUT2D eigenvalue weighted by Crippen LogP contribution is 2.38. The second kappa shape index (κ2) is 5.99. The van der Waals surface area contributed by atoms with Crippen molar-refractivity contribution in [2.75, 3.05) is 25.8 Å². The van der Waals surface area contributed by atoms with Gasteiger partial charge in [0.1, 0.15) is 0 Å². The van der Waals surface area contributed by atoms with E-state index in [2.05, 4.69) is 13.0 Å². The van der Waals surface area contributed by atoms with Gasteiger partial charge in [0.2, 0.25) is 6.79 Å². The summed E-state index contributed by atoms with van der Waals surface area (Å²) in [6.07, 6.45) is 0.824. The van der Waals surface area contributed by atoms with Gasteiger partial charge >= 0.3 is 0 Å². The molecular formula is C20H22N2O3. The van der Waals surface area contributed by atoms with E-state index in [9.17, 15) is 4.79 Å². The molecule has 0 saturated heterocycles. The second-order valence-electron chi connectivity index (χ2n) is 6.91. The number of rotatable bonds is 2. The minimum absolute atomic E-state index is 0.0690. The second-order valence-corrected chi connectivity index (χ2v) is 6.91. The third kappa shape index (κ3) is 2.80.